The molecule has 4 heterocycles. The SMILES string of the molecule is Cn1nc(Nc2nc(N[C@@H](CO)c3ccccn3)nc3[nH]ncc23)cc1C(C)(C)C. The number of pyridine rings is 1. The van der Waals surface area contributed by atoms with Gasteiger partial charge in [0.1, 0.15) is 5.82 Å². The van der Waals surface area contributed by atoms with Crippen molar-refractivity contribution in [3.05, 3.63) is 48.0 Å². The number of hydrogen-bond donors (Lipinski definition) is 4. The molecule has 0 bridgehead atoms. The zero-order valence-electron chi connectivity index (χ0n) is 17.4. The van der Waals surface area contributed by atoms with Crippen LogP contribution in [-0.4, -0.2) is 46.6 Å². The molecule has 0 aliphatic rings. The number of nitrogens with zero attached hydrogens (tertiary/aromatic N) is 6. The molecule has 0 aliphatic heterocycles. The van der Waals surface area contributed by atoms with E-state index in [9.17, 15) is 5.11 Å². The Morgan fingerprint density at radius 1 is 1.23 bits per heavy atom. The fraction of sp³-hybridized carbons (Fsp3) is 0.350. The third kappa shape index (κ3) is 3.94. The molecular formula is C20H25N9O. The molecule has 0 saturated heterocycles. The van der Waals surface area contributed by atoms with E-state index >= 15 is 0 Å². The van der Waals surface area contributed by atoms with Crippen LogP contribution in [0.2, 0.25) is 0 Å². The zero-order valence-corrected chi connectivity index (χ0v) is 17.4. The van der Waals surface area contributed by atoms with Crippen molar-refractivity contribution in [1.29, 1.82) is 0 Å². The second-order valence-corrected chi connectivity index (χ2v) is 8.08. The number of anilines is 3. The van der Waals surface area contributed by atoms with Crippen molar-refractivity contribution in [3.63, 3.8) is 0 Å². The Hall–Kier alpha value is -3.53. The highest BCUT2D eigenvalue weighted by Crippen LogP contribution is 2.28. The van der Waals surface area contributed by atoms with Gasteiger partial charge in [0, 0.05) is 30.4 Å². The molecule has 0 radical (unpaired) electrons. The summed E-state index contributed by atoms with van der Waals surface area (Å²) < 4.78 is 1.86. The third-order valence-electron chi connectivity index (χ3n) is 4.74. The average molecular weight is 407 g/mol. The van der Waals surface area contributed by atoms with Crippen molar-refractivity contribution in [1.82, 2.24) is 34.9 Å². The Labute approximate surface area is 173 Å². The van der Waals surface area contributed by atoms with Gasteiger partial charge in [0.05, 0.1) is 29.9 Å². The number of aliphatic hydroxyl groups is 1. The minimum atomic E-state index is -0.443. The van der Waals surface area contributed by atoms with Gasteiger partial charge < -0.3 is 15.7 Å². The summed E-state index contributed by atoms with van der Waals surface area (Å²) in [7, 11) is 1.92. The molecule has 0 aliphatic carbocycles. The van der Waals surface area contributed by atoms with Gasteiger partial charge in [-0.3, -0.25) is 14.8 Å². The van der Waals surface area contributed by atoms with Crippen molar-refractivity contribution < 1.29 is 5.11 Å². The van der Waals surface area contributed by atoms with Crippen molar-refractivity contribution >= 4 is 28.6 Å². The summed E-state index contributed by atoms with van der Waals surface area (Å²) >= 11 is 0. The maximum Gasteiger partial charge on any atom is 0.227 e. The average Bonchev–Trinajstić information content (AvgIpc) is 3.33. The minimum absolute atomic E-state index is 0.0396. The lowest BCUT2D eigenvalue weighted by atomic mass is 9.92. The largest absolute Gasteiger partial charge is 0.394 e. The molecule has 0 spiro atoms. The number of aliphatic hydroxyl groups excluding tert-OH is 1. The molecule has 1 atom stereocenters. The number of H-pyrrole nitrogens is 1. The Morgan fingerprint density at radius 3 is 2.73 bits per heavy atom. The summed E-state index contributed by atoms with van der Waals surface area (Å²) in [4.78, 5) is 13.4. The highest BCUT2D eigenvalue weighted by atomic mass is 16.3. The quantitative estimate of drug-likeness (QED) is 0.384. The lowest BCUT2D eigenvalue weighted by molar-refractivity contribution is 0.274. The fourth-order valence-corrected chi connectivity index (χ4v) is 3.30. The van der Waals surface area contributed by atoms with Gasteiger partial charge in [0.15, 0.2) is 11.5 Å². The first-order valence-electron chi connectivity index (χ1n) is 9.66. The van der Waals surface area contributed by atoms with Gasteiger partial charge in [-0.15, -0.1) is 0 Å². The van der Waals surface area contributed by atoms with Gasteiger partial charge in [-0.1, -0.05) is 26.8 Å². The number of rotatable bonds is 6. The molecule has 4 aromatic rings. The number of aryl methyl sites for hydroxylation is 1. The van der Waals surface area contributed by atoms with E-state index in [-0.39, 0.29) is 12.0 Å². The number of aromatic amines is 1. The van der Waals surface area contributed by atoms with Crippen LogP contribution in [0.3, 0.4) is 0 Å². The topological polar surface area (TPSA) is 129 Å². The van der Waals surface area contributed by atoms with Crippen LogP contribution in [0.4, 0.5) is 17.6 Å². The molecule has 0 amide bonds. The molecule has 0 aromatic carbocycles. The van der Waals surface area contributed by atoms with Crippen LogP contribution >= 0.6 is 0 Å². The maximum atomic E-state index is 9.82. The summed E-state index contributed by atoms with van der Waals surface area (Å²) in [5.74, 6) is 1.58. The van der Waals surface area contributed by atoms with Crippen molar-refractivity contribution in [2.75, 3.05) is 17.2 Å². The fourth-order valence-electron chi connectivity index (χ4n) is 3.30. The lowest BCUT2D eigenvalue weighted by Crippen LogP contribution is -2.18. The van der Waals surface area contributed by atoms with E-state index in [1.807, 2.05) is 36.0 Å². The van der Waals surface area contributed by atoms with Crippen LogP contribution in [-0.2, 0) is 12.5 Å². The minimum Gasteiger partial charge on any atom is -0.394 e. The van der Waals surface area contributed by atoms with Crippen LogP contribution in [0, 0.1) is 0 Å². The molecule has 0 fully saturated rings. The normalized spacial score (nSPS) is 12.8. The number of hydrogen-bond acceptors (Lipinski definition) is 8. The van der Waals surface area contributed by atoms with E-state index in [4.69, 9.17) is 0 Å². The van der Waals surface area contributed by atoms with Gasteiger partial charge in [0.25, 0.3) is 0 Å². The van der Waals surface area contributed by atoms with Crippen LogP contribution in [0.25, 0.3) is 11.0 Å². The van der Waals surface area contributed by atoms with Crippen LogP contribution in [0.1, 0.15) is 38.2 Å². The molecule has 4 aromatic heterocycles. The molecule has 10 heteroatoms. The lowest BCUT2D eigenvalue weighted by Gasteiger charge is -2.17. The maximum absolute atomic E-state index is 9.82. The van der Waals surface area contributed by atoms with Crippen LogP contribution in [0.5, 0.6) is 0 Å². The molecule has 156 valence electrons. The first kappa shape index (κ1) is 19.8. The van der Waals surface area contributed by atoms with Crippen LogP contribution < -0.4 is 10.6 Å². The summed E-state index contributed by atoms with van der Waals surface area (Å²) in [6, 6.07) is 7.09. The van der Waals surface area contributed by atoms with E-state index in [1.54, 1.807) is 12.4 Å². The summed E-state index contributed by atoms with van der Waals surface area (Å²) in [5, 5.41) is 28.5. The molecule has 30 heavy (non-hydrogen) atoms. The first-order chi connectivity index (χ1) is 14.3. The number of nitrogens with one attached hydrogen (secondary N) is 3. The summed E-state index contributed by atoms with van der Waals surface area (Å²) in [5.41, 5.74) is 2.32. The van der Waals surface area contributed by atoms with Gasteiger partial charge in [-0.05, 0) is 12.1 Å². The standard InChI is InChI=1S/C20H25N9O/c1-20(2,3)15-9-16(28-29(15)4)24-17-12-10-22-27-18(12)26-19(25-17)23-14(11-30)13-7-5-6-8-21-13/h5-10,14,30H,11H2,1-4H3,(H3,22,23,24,25,26,27,28)/t14-/m0/s1. The molecular weight excluding hydrogens is 382 g/mol. The highest BCUT2D eigenvalue weighted by Gasteiger charge is 2.21. The Kier molecular flexibility index (Phi) is 5.08. The van der Waals surface area contributed by atoms with Gasteiger partial charge in [-0.25, -0.2) is 0 Å². The second kappa shape index (κ2) is 7.71. The summed E-state index contributed by atoms with van der Waals surface area (Å²) in [6.45, 7) is 6.27. The molecule has 0 saturated carbocycles. The van der Waals surface area contributed by atoms with E-state index in [0.717, 1.165) is 11.1 Å². The smallest absolute Gasteiger partial charge is 0.227 e. The van der Waals surface area contributed by atoms with E-state index in [1.165, 1.54) is 0 Å². The molecule has 4 rings (SSSR count). The van der Waals surface area contributed by atoms with E-state index in [0.29, 0.717) is 28.9 Å². The number of aromatic nitrogens is 7. The first-order valence-corrected chi connectivity index (χ1v) is 9.66. The Balaban J connectivity index is 1.67. The molecule has 4 N–H and O–H groups in total. The second-order valence-electron chi connectivity index (χ2n) is 8.08. The molecule has 0 unspecified atom stereocenters. The highest BCUT2D eigenvalue weighted by molar-refractivity contribution is 5.88. The zero-order chi connectivity index (χ0) is 21.3. The van der Waals surface area contributed by atoms with Crippen molar-refractivity contribution in [2.45, 2.75) is 32.2 Å². The van der Waals surface area contributed by atoms with E-state index < -0.39 is 6.04 Å². The third-order valence-corrected chi connectivity index (χ3v) is 4.74. The number of fused-ring (bicyclic) bond motifs is 1. The van der Waals surface area contributed by atoms with Gasteiger partial charge in [0.2, 0.25) is 5.95 Å². The molecule has 10 nitrogen and oxygen atoms in total. The Bertz CT molecular complexity index is 1140. The van der Waals surface area contributed by atoms with Gasteiger partial charge in [-0.2, -0.15) is 20.2 Å². The predicted molar refractivity (Wildman–Crippen MR) is 115 cm³/mol. The van der Waals surface area contributed by atoms with Gasteiger partial charge >= 0.3 is 0 Å². The van der Waals surface area contributed by atoms with Crippen molar-refractivity contribution in [2.24, 2.45) is 7.05 Å². The van der Waals surface area contributed by atoms with Crippen molar-refractivity contribution in [3.8, 4) is 0 Å². The predicted octanol–water partition coefficient (Wildman–Crippen LogP) is 2.67. The monoisotopic (exact) mass is 407 g/mol. The Morgan fingerprint density at radius 2 is 2.07 bits per heavy atom. The van der Waals surface area contributed by atoms with E-state index in [2.05, 4.69) is 61.7 Å². The van der Waals surface area contributed by atoms with Crippen LogP contribution in [0.15, 0.2) is 36.7 Å². The summed E-state index contributed by atoms with van der Waals surface area (Å²) in [6.07, 6.45) is 3.34.